The van der Waals surface area contributed by atoms with Crippen LogP contribution in [0.15, 0.2) is 90.3 Å². The van der Waals surface area contributed by atoms with Crippen LogP contribution in [0.3, 0.4) is 0 Å². The number of para-hydroxylation sites is 1. The summed E-state index contributed by atoms with van der Waals surface area (Å²) in [6.45, 7) is 2.29. The van der Waals surface area contributed by atoms with Crippen LogP contribution < -0.4 is 9.64 Å². The number of fused-ring (bicyclic) bond motifs is 5. The van der Waals surface area contributed by atoms with Crippen LogP contribution in [0, 0.1) is 5.41 Å². The van der Waals surface area contributed by atoms with Crippen molar-refractivity contribution in [2.75, 3.05) is 11.5 Å². The van der Waals surface area contributed by atoms with Crippen LogP contribution in [-0.4, -0.2) is 36.0 Å². The van der Waals surface area contributed by atoms with E-state index in [9.17, 15) is 14.4 Å². The van der Waals surface area contributed by atoms with Crippen LogP contribution in [0.25, 0.3) is 6.08 Å². The summed E-state index contributed by atoms with van der Waals surface area (Å²) >= 11 is 7.72. The predicted octanol–water partition coefficient (Wildman–Crippen LogP) is 7.12. The molecule has 4 aromatic rings. The lowest BCUT2D eigenvalue weighted by Crippen LogP contribution is -2.48. The molecule has 3 heterocycles. The SMILES string of the molecule is CCOc1ccccc1[C@H]1[C@@H](C(=O)c2cccs2)N2c3ccc(Cl)cc3C=C[C@@H]2C12C(=O)c1ccccc1C2=O. The second kappa shape index (κ2) is 9.29. The first kappa shape index (κ1) is 25.0. The molecule has 3 aliphatic rings. The van der Waals surface area contributed by atoms with Gasteiger partial charge in [-0.05, 0) is 48.2 Å². The van der Waals surface area contributed by atoms with Crippen LogP contribution >= 0.6 is 22.9 Å². The molecule has 2 aliphatic heterocycles. The molecular weight excluding hydrogens is 542 g/mol. The summed E-state index contributed by atoms with van der Waals surface area (Å²) < 4.78 is 6.07. The van der Waals surface area contributed by atoms with E-state index in [0.29, 0.717) is 38.9 Å². The van der Waals surface area contributed by atoms with Gasteiger partial charge < -0.3 is 9.64 Å². The van der Waals surface area contributed by atoms with Gasteiger partial charge in [0.1, 0.15) is 17.2 Å². The average molecular weight is 566 g/mol. The Morgan fingerprint density at radius 2 is 1.70 bits per heavy atom. The molecule has 0 bridgehead atoms. The van der Waals surface area contributed by atoms with Crippen LogP contribution in [0.2, 0.25) is 5.02 Å². The smallest absolute Gasteiger partial charge is 0.195 e. The molecule has 1 saturated heterocycles. The Morgan fingerprint density at radius 3 is 2.40 bits per heavy atom. The number of hydrogen-bond donors (Lipinski definition) is 0. The zero-order valence-electron chi connectivity index (χ0n) is 21.5. The van der Waals surface area contributed by atoms with Crippen molar-refractivity contribution in [2.45, 2.75) is 24.9 Å². The highest BCUT2D eigenvalue weighted by atomic mass is 35.5. The Morgan fingerprint density at radius 1 is 0.975 bits per heavy atom. The van der Waals surface area contributed by atoms with Gasteiger partial charge in [-0.1, -0.05) is 72.3 Å². The van der Waals surface area contributed by atoms with E-state index < -0.39 is 23.4 Å². The molecule has 0 amide bonds. The third-order valence-corrected chi connectivity index (χ3v) is 9.47. The molecular formula is C33H24ClNO4S. The van der Waals surface area contributed by atoms with Gasteiger partial charge in [0.2, 0.25) is 0 Å². The van der Waals surface area contributed by atoms with Gasteiger partial charge in [0.25, 0.3) is 0 Å². The second-order valence-corrected chi connectivity index (χ2v) is 11.6. The molecule has 7 heteroatoms. The first-order chi connectivity index (χ1) is 19.5. The molecule has 1 spiro atoms. The molecule has 3 atom stereocenters. The average Bonchev–Trinajstić information content (AvgIpc) is 3.67. The molecule has 198 valence electrons. The second-order valence-electron chi connectivity index (χ2n) is 10.2. The Labute approximate surface area is 240 Å². The van der Waals surface area contributed by atoms with Gasteiger partial charge in [-0.15, -0.1) is 11.3 Å². The zero-order chi connectivity index (χ0) is 27.6. The zero-order valence-corrected chi connectivity index (χ0v) is 23.1. The summed E-state index contributed by atoms with van der Waals surface area (Å²) in [5, 5.41) is 2.43. The fraction of sp³-hybridized carbons (Fsp3) is 0.182. The van der Waals surface area contributed by atoms with E-state index in [-0.39, 0.29) is 17.3 Å². The minimum Gasteiger partial charge on any atom is -0.494 e. The topological polar surface area (TPSA) is 63.7 Å². The Hall–Kier alpha value is -4.00. The summed E-state index contributed by atoms with van der Waals surface area (Å²) in [4.78, 5) is 46.5. The Kier molecular flexibility index (Phi) is 5.81. The molecule has 0 saturated carbocycles. The van der Waals surface area contributed by atoms with Crippen molar-refractivity contribution >= 4 is 52.1 Å². The largest absolute Gasteiger partial charge is 0.494 e. The molecule has 0 unspecified atom stereocenters. The van der Waals surface area contributed by atoms with E-state index in [1.807, 2.05) is 71.8 Å². The third kappa shape index (κ3) is 3.30. The third-order valence-electron chi connectivity index (χ3n) is 8.35. The van der Waals surface area contributed by atoms with E-state index >= 15 is 0 Å². The lowest BCUT2D eigenvalue weighted by Gasteiger charge is -2.37. The van der Waals surface area contributed by atoms with Gasteiger partial charge in [0.05, 0.1) is 17.5 Å². The summed E-state index contributed by atoms with van der Waals surface area (Å²) in [5.74, 6) is -0.907. The predicted molar refractivity (Wildman–Crippen MR) is 157 cm³/mol. The van der Waals surface area contributed by atoms with Gasteiger partial charge >= 0.3 is 0 Å². The van der Waals surface area contributed by atoms with Crippen molar-refractivity contribution in [3.05, 3.63) is 122 Å². The van der Waals surface area contributed by atoms with Crippen molar-refractivity contribution in [3.63, 3.8) is 0 Å². The molecule has 0 N–H and O–H groups in total. The number of ketones is 3. The molecule has 3 aromatic carbocycles. The Bertz CT molecular complexity index is 1690. The Balaban J connectivity index is 1.57. The number of hydrogen-bond acceptors (Lipinski definition) is 6. The van der Waals surface area contributed by atoms with Crippen molar-refractivity contribution in [1.82, 2.24) is 0 Å². The molecule has 40 heavy (non-hydrogen) atoms. The molecule has 1 fully saturated rings. The van der Waals surface area contributed by atoms with Gasteiger partial charge in [0.15, 0.2) is 17.3 Å². The lowest BCUT2D eigenvalue weighted by atomic mass is 9.64. The highest BCUT2D eigenvalue weighted by molar-refractivity contribution is 7.12. The number of carbonyl (C=O) groups is 3. The van der Waals surface area contributed by atoms with Gasteiger partial charge in [-0.2, -0.15) is 0 Å². The van der Waals surface area contributed by atoms with Crippen LogP contribution in [0.4, 0.5) is 5.69 Å². The van der Waals surface area contributed by atoms with Crippen molar-refractivity contribution in [1.29, 1.82) is 0 Å². The number of thiophene rings is 1. The van der Waals surface area contributed by atoms with E-state index in [2.05, 4.69) is 0 Å². The maximum atomic E-state index is 14.7. The molecule has 5 nitrogen and oxygen atoms in total. The maximum Gasteiger partial charge on any atom is 0.195 e. The minimum absolute atomic E-state index is 0.138. The maximum absolute atomic E-state index is 14.7. The fourth-order valence-corrected chi connectivity index (χ4v) is 7.76. The molecule has 1 aliphatic carbocycles. The minimum atomic E-state index is -1.57. The lowest BCUT2D eigenvalue weighted by molar-refractivity contribution is 0.0664. The van der Waals surface area contributed by atoms with Gasteiger partial charge in [-0.25, -0.2) is 0 Å². The van der Waals surface area contributed by atoms with Crippen molar-refractivity contribution < 1.29 is 19.1 Å². The number of Topliss-reactive ketones (excluding diaryl/α,β-unsaturated/α-hetero) is 3. The van der Waals surface area contributed by atoms with Crippen LogP contribution in [0.5, 0.6) is 5.75 Å². The van der Waals surface area contributed by atoms with E-state index in [4.69, 9.17) is 16.3 Å². The first-order valence-corrected chi connectivity index (χ1v) is 14.5. The summed E-state index contributed by atoms with van der Waals surface area (Å²) in [6, 6.07) is 22.1. The van der Waals surface area contributed by atoms with Crippen LogP contribution in [-0.2, 0) is 0 Å². The number of nitrogens with zero attached hydrogens (tertiary/aromatic N) is 1. The molecule has 7 rings (SSSR count). The number of rotatable bonds is 5. The normalized spacial score (nSPS) is 21.9. The number of halogens is 1. The number of benzene rings is 3. The molecule has 0 radical (unpaired) electrons. The number of anilines is 1. The highest BCUT2D eigenvalue weighted by Gasteiger charge is 2.72. The van der Waals surface area contributed by atoms with Crippen molar-refractivity contribution in [2.24, 2.45) is 5.41 Å². The van der Waals surface area contributed by atoms with E-state index in [0.717, 1.165) is 11.3 Å². The highest BCUT2D eigenvalue weighted by Crippen LogP contribution is 2.62. The summed E-state index contributed by atoms with van der Waals surface area (Å²) in [7, 11) is 0. The quantitative estimate of drug-likeness (QED) is 0.190. The number of carbonyl (C=O) groups excluding carboxylic acids is 3. The standard InChI is InChI=1S/C33H24ClNO4S/c1-2-39-25-11-6-5-10-23(25)28-29(30(36)26-12-7-17-40-26)35-24-15-14-20(34)18-19(24)13-16-27(35)33(28)31(37)21-8-3-4-9-22(21)32(33)38/h3-18,27-29H,2H2,1H3/t27-,28+,29+/m1/s1. The summed E-state index contributed by atoms with van der Waals surface area (Å²) in [6.07, 6.45) is 3.81. The van der Waals surface area contributed by atoms with Gasteiger partial charge in [-0.3, -0.25) is 14.4 Å². The number of ether oxygens (including phenoxy) is 1. The van der Waals surface area contributed by atoms with Gasteiger partial charge in [0, 0.05) is 33.3 Å². The fourth-order valence-electron chi connectivity index (χ4n) is 6.88. The molecule has 1 aromatic heterocycles. The monoisotopic (exact) mass is 565 g/mol. The van der Waals surface area contributed by atoms with Crippen molar-refractivity contribution in [3.8, 4) is 5.75 Å². The summed E-state index contributed by atoms with van der Waals surface area (Å²) in [5.41, 5.74) is 1.49. The first-order valence-electron chi connectivity index (χ1n) is 13.2. The van der Waals surface area contributed by atoms with Crippen LogP contribution in [0.1, 0.15) is 54.4 Å². The van der Waals surface area contributed by atoms with E-state index in [1.165, 1.54) is 11.3 Å². The van der Waals surface area contributed by atoms with E-state index in [1.54, 1.807) is 36.4 Å².